The van der Waals surface area contributed by atoms with Crippen molar-refractivity contribution in [3.05, 3.63) is 35.4 Å². The SMILES string of the molecule is CN(C)CCC(=O)Cc1cc(F)cc(F)c1. The van der Waals surface area contributed by atoms with Crippen LogP contribution in [0.4, 0.5) is 8.78 Å². The van der Waals surface area contributed by atoms with Crippen LogP contribution in [0.1, 0.15) is 12.0 Å². The Morgan fingerprint density at radius 2 is 1.75 bits per heavy atom. The van der Waals surface area contributed by atoms with Gasteiger partial charge in [-0.05, 0) is 31.8 Å². The third kappa shape index (κ3) is 4.49. The predicted molar refractivity (Wildman–Crippen MR) is 58.2 cm³/mol. The van der Waals surface area contributed by atoms with E-state index in [2.05, 4.69) is 0 Å². The highest BCUT2D eigenvalue weighted by Gasteiger charge is 2.07. The van der Waals surface area contributed by atoms with E-state index in [9.17, 15) is 13.6 Å². The van der Waals surface area contributed by atoms with Gasteiger partial charge >= 0.3 is 0 Å². The molecule has 0 amide bonds. The lowest BCUT2D eigenvalue weighted by Crippen LogP contribution is -2.17. The number of halogens is 2. The molecule has 1 aromatic carbocycles. The highest BCUT2D eigenvalue weighted by molar-refractivity contribution is 5.81. The molecule has 0 bridgehead atoms. The van der Waals surface area contributed by atoms with E-state index >= 15 is 0 Å². The normalized spacial score (nSPS) is 10.8. The van der Waals surface area contributed by atoms with Gasteiger partial charge in [0.2, 0.25) is 0 Å². The van der Waals surface area contributed by atoms with Crippen molar-refractivity contribution in [2.75, 3.05) is 20.6 Å². The number of rotatable bonds is 5. The summed E-state index contributed by atoms with van der Waals surface area (Å²) in [7, 11) is 3.74. The van der Waals surface area contributed by atoms with Gasteiger partial charge < -0.3 is 4.90 Å². The quantitative estimate of drug-likeness (QED) is 0.767. The molecular weight excluding hydrogens is 212 g/mol. The van der Waals surface area contributed by atoms with E-state index in [0.717, 1.165) is 6.07 Å². The Bertz CT molecular complexity index is 357. The minimum Gasteiger partial charge on any atom is -0.309 e. The molecule has 0 aliphatic heterocycles. The fraction of sp³-hybridized carbons (Fsp3) is 0.417. The third-order valence-corrected chi connectivity index (χ3v) is 2.16. The highest BCUT2D eigenvalue weighted by atomic mass is 19.1. The summed E-state index contributed by atoms with van der Waals surface area (Å²) in [6, 6.07) is 3.18. The number of ketones is 1. The van der Waals surface area contributed by atoms with Crippen LogP contribution in [0.15, 0.2) is 18.2 Å². The first kappa shape index (κ1) is 12.8. The van der Waals surface area contributed by atoms with Gasteiger partial charge in [-0.1, -0.05) is 0 Å². The average molecular weight is 227 g/mol. The number of hydrogen-bond donors (Lipinski definition) is 0. The topological polar surface area (TPSA) is 20.3 Å². The van der Waals surface area contributed by atoms with Crippen molar-refractivity contribution in [3.63, 3.8) is 0 Å². The fourth-order valence-electron chi connectivity index (χ4n) is 1.38. The van der Waals surface area contributed by atoms with Crippen LogP contribution >= 0.6 is 0 Å². The van der Waals surface area contributed by atoms with Crippen LogP contribution in [-0.2, 0) is 11.2 Å². The van der Waals surface area contributed by atoms with Gasteiger partial charge in [-0.3, -0.25) is 4.79 Å². The van der Waals surface area contributed by atoms with Crippen LogP contribution in [0.3, 0.4) is 0 Å². The Morgan fingerprint density at radius 3 is 2.25 bits per heavy atom. The van der Waals surface area contributed by atoms with Crippen LogP contribution < -0.4 is 0 Å². The van der Waals surface area contributed by atoms with Crippen molar-refractivity contribution in [2.24, 2.45) is 0 Å². The zero-order valence-electron chi connectivity index (χ0n) is 9.46. The second kappa shape index (κ2) is 5.70. The molecule has 1 aromatic rings. The van der Waals surface area contributed by atoms with E-state index in [1.807, 2.05) is 19.0 Å². The molecule has 0 heterocycles. The molecule has 0 aromatic heterocycles. The van der Waals surface area contributed by atoms with Gasteiger partial charge in [-0.2, -0.15) is 0 Å². The summed E-state index contributed by atoms with van der Waals surface area (Å²) < 4.78 is 25.7. The monoisotopic (exact) mass is 227 g/mol. The summed E-state index contributed by atoms with van der Waals surface area (Å²) >= 11 is 0. The number of nitrogens with zero attached hydrogens (tertiary/aromatic N) is 1. The van der Waals surface area contributed by atoms with E-state index in [0.29, 0.717) is 18.5 Å². The standard InChI is InChI=1S/C12H15F2NO/c1-15(2)4-3-12(16)7-9-5-10(13)8-11(14)6-9/h5-6,8H,3-4,7H2,1-2H3. The van der Waals surface area contributed by atoms with Gasteiger partial charge in [-0.15, -0.1) is 0 Å². The molecule has 0 saturated carbocycles. The number of hydrogen-bond acceptors (Lipinski definition) is 2. The van der Waals surface area contributed by atoms with Crippen LogP contribution in [0.2, 0.25) is 0 Å². The van der Waals surface area contributed by atoms with Crippen molar-refractivity contribution >= 4 is 5.78 Å². The zero-order valence-corrected chi connectivity index (χ0v) is 9.46. The first-order valence-electron chi connectivity index (χ1n) is 5.09. The van der Waals surface area contributed by atoms with E-state index < -0.39 is 11.6 Å². The Balaban J connectivity index is 2.56. The molecule has 0 aliphatic rings. The third-order valence-electron chi connectivity index (χ3n) is 2.16. The Morgan fingerprint density at radius 1 is 1.19 bits per heavy atom. The Kier molecular flexibility index (Phi) is 4.55. The summed E-state index contributed by atoms with van der Waals surface area (Å²) in [6.45, 7) is 0.649. The summed E-state index contributed by atoms with van der Waals surface area (Å²) in [4.78, 5) is 13.4. The van der Waals surface area contributed by atoms with Gasteiger partial charge in [-0.25, -0.2) is 8.78 Å². The molecular formula is C12H15F2NO. The molecule has 4 heteroatoms. The molecule has 0 saturated heterocycles. The van der Waals surface area contributed by atoms with E-state index in [1.54, 1.807) is 0 Å². The molecule has 1 rings (SSSR count). The van der Waals surface area contributed by atoms with Crippen LogP contribution in [0, 0.1) is 11.6 Å². The van der Waals surface area contributed by atoms with E-state index in [-0.39, 0.29) is 12.2 Å². The number of Topliss-reactive ketones (excluding diaryl/α,β-unsaturated/α-hetero) is 1. The van der Waals surface area contributed by atoms with E-state index in [1.165, 1.54) is 12.1 Å². The second-order valence-corrected chi connectivity index (χ2v) is 4.05. The molecule has 0 unspecified atom stereocenters. The summed E-state index contributed by atoms with van der Waals surface area (Å²) in [6.07, 6.45) is 0.480. The molecule has 88 valence electrons. The smallest absolute Gasteiger partial charge is 0.138 e. The number of benzene rings is 1. The molecule has 0 aliphatic carbocycles. The zero-order chi connectivity index (χ0) is 12.1. The molecule has 0 fully saturated rings. The maximum Gasteiger partial charge on any atom is 0.138 e. The summed E-state index contributed by atoms with van der Waals surface area (Å²) in [5, 5.41) is 0. The molecule has 2 nitrogen and oxygen atoms in total. The van der Waals surface area contributed by atoms with Gasteiger partial charge in [0.05, 0.1) is 0 Å². The van der Waals surface area contributed by atoms with Crippen molar-refractivity contribution in [2.45, 2.75) is 12.8 Å². The summed E-state index contributed by atoms with van der Waals surface area (Å²) in [5.41, 5.74) is 0.390. The first-order valence-corrected chi connectivity index (χ1v) is 5.09. The van der Waals surface area contributed by atoms with Gasteiger partial charge in [0.1, 0.15) is 17.4 Å². The summed E-state index contributed by atoms with van der Waals surface area (Å²) in [5.74, 6) is -1.30. The van der Waals surface area contributed by atoms with Crippen molar-refractivity contribution < 1.29 is 13.6 Å². The molecule has 0 atom stereocenters. The minimum atomic E-state index is -0.643. The average Bonchev–Trinajstić information content (AvgIpc) is 2.12. The van der Waals surface area contributed by atoms with Crippen LogP contribution in [-0.4, -0.2) is 31.3 Å². The lowest BCUT2D eigenvalue weighted by Gasteiger charge is -2.08. The molecule has 0 spiro atoms. The number of carbonyl (C=O) groups excluding carboxylic acids is 1. The van der Waals surface area contributed by atoms with Crippen molar-refractivity contribution in [1.82, 2.24) is 4.90 Å². The van der Waals surface area contributed by atoms with Crippen LogP contribution in [0.5, 0.6) is 0 Å². The van der Waals surface area contributed by atoms with Crippen LogP contribution in [0.25, 0.3) is 0 Å². The predicted octanol–water partition coefficient (Wildman–Crippen LogP) is 2.03. The minimum absolute atomic E-state index is 0.0151. The number of carbonyl (C=O) groups is 1. The molecule has 0 N–H and O–H groups in total. The Labute approximate surface area is 93.9 Å². The van der Waals surface area contributed by atoms with Gasteiger partial charge in [0, 0.05) is 25.5 Å². The molecule has 0 radical (unpaired) electrons. The van der Waals surface area contributed by atoms with Crippen molar-refractivity contribution in [1.29, 1.82) is 0 Å². The van der Waals surface area contributed by atoms with E-state index in [4.69, 9.17) is 0 Å². The largest absolute Gasteiger partial charge is 0.309 e. The van der Waals surface area contributed by atoms with Gasteiger partial charge in [0.15, 0.2) is 0 Å². The molecule has 16 heavy (non-hydrogen) atoms. The fourth-order valence-corrected chi connectivity index (χ4v) is 1.38. The Hall–Kier alpha value is -1.29. The lowest BCUT2D eigenvalue weighted by molar-refractivity contribution is -0.118. The maximum atomic E-state index is 12.8. The van der Waals surface area contributed by atoms with Gasteiger partial charge in [0.25, 0.3) is 0 Å². The maximum absolute atomic E-state index is 12.8. The lowest BCUT2D eigenvalue weighted by atomic mass is 10.1. The van der Waals surface area contributed by atoms with Crippen molar-refractivity contribution in [3.8, 4) is 0 Å². The first-order chi connectivity index (χ1) is 7.47. The highest BCUT2D eigenvalue weighted by Crippen LogP contribution is 2.09. The second-order valence-electron chi connectivity index (χ2n) is 4.05.